The summed E-state index contributed by atoms with van der Waals surface area (Å²) < 4.78 is 7.79. The molecule has 4 heteroatoms. The summed E-state index contributed by atoms with van der Waals surface area (Å²) in [6, 6.07) is 10.5. The molecule has 1 unspecified atom stereocenters. The lowest BCUT2D eigenvalue weighted by Gasteiger charge is -2.38. The zero-order chi connectivity index (χ0) is 14.9. The Balaban J connectivity index is 2.00. The number of nitrogens with two attached hydrogens (primary N) is 1. The summed E-state index contributed by atoms with van der Waals surface area (Å²) in [5.41, 5.74) is 9.77. The highest BCUT2D eigenvalue weighted by Crippen LogP contribution is 2.40. The molecule has 0 saturated carbocycles. The van der Waals surface area contributed by atoms with Gasteiger partial charge in [-0.2, -0.15) is 5.10 Å². The fraction of sp³-hybridized carbons (Fsp3) is 0.471. The maximum atomic E-state index is 6.21. The van der Waals surface area contributed by atoms with Crippen LogP contribution in [0.15, 0.2) is 30.3 Å². The van der Waals surface area contributed by atoms with Gasteiger partial charge in [0.15, 0.2) is 0 Å². The summed E-state index contributed by atoms with van der Waals surface area (Å²) in [7, 11) is 2.02. The largest absolute Gasteiger partial charge is 0.493 e. The predicted octanol–water partition coefficient (Wildman–Crippen LogP) is 2.20. The summed E-state index contributed by atoms with van der Waals surface area (Å²) in [4.78, 5) is 0. The molecular weight excluding hydrogens is 262 g/mol. The number of para-hydroxylation sites is 1. The van der Waals surface area contributed by atoms with E-state index < -0.39 is 0 Å². The van der Waals surface area contributed by atoms with Gasteiger partial charge < -0.3 is 10.5 Å². The number of aryl methyl sites for hydroxylation is 2. The summed E-state index contributed by atoms with van der Waals surface area (Å²) in [5, 5.41) is 4.56. The number of nitrogens with zero attached hydrogens (tertiary/aromatic N) is 2. The zero-order valence-corrected chi connectivity index (χ0v) is 12.8. The van der Waals surface area contributed by atoms with E-state index in [0.29, 0.717) is 6.54 Å². The molecule has 2 heterocycles. The van der Waals surface area contributed by atoms with Gasteiger partial charge in [-0.3, -0.25) is 4.68 Å². The van der Waals surface area contributed by atoms with Gasteiger partial charge in [0.05, 0.1) is 12.3 Å². The van der Waals surface area contributed by atoms with E-state index in [1.165, 1.54) is 11.3 Å². The number of aromatic nitrogens is 2. The van der Waals surface area contributed by atoms with Gasteiger partial charge in [-0.1, -0.05) is 25.1 Å². The average molecular weight is 285 g/mol. The highest BCUT2D eigenvalue weighted by molar-refractivity contribution is 5.42. The Morgan fingerprint density at radius 1 is 1.38 bits per heavy atom. The number of rotatable bonds is 4. The first-order chi connectivity index (χ1) is 10.2. The minimum Gasteiger partial charge on any atom is -0.493 e. The van der Waals surface area contributed by atoms with E-state index in [9.17, 15) is 0 Å². The smallest absolute Gasteiger partial charge is 0.123 e. The van der Waals surface area contributed by atoms with Crippen LogP contribution in [0.3, 0.4) is 0 Å². The van der Waals surface area contributed by atoms with Crippen molar-refractivity contribution in [2.75, 3.05) is 13.2 Å². The molecule has 0 spiro atoms. The van der Waals surface area contributed by atoms with Crippen molar-refractivity contribution in [3.8, 4) is 5.75 Å². The van der Waals surface area contributed by atoms with Gasteiger partial charge in [-0.25, -0.2) is 0 Å². The van der Waals surface area contributed by atoms with Crippen LogP contribution < -0.4 is 10.5 Å². The van der Waals surface area contributed by atoms with Crippen LogP contribution in [0.5, 0.6) is 5.75 Å². The Hall–Kier alpha value is -1.81. The second kappa shape index (κ2) is 5.53. The lowest BCUT2D eigenvalue weighted by atomic mass is 9.72. The number of benzene rings is 1. The molecule has 3 rings (SSSR count). The lowest BCUT2D eigenvalue weighted by molar-refractivity contribution is 0.214. The van der Waals surface area contributed by atoms with Crippen molar-refractivity contribution >= 4 is 0 Å². The number of ether oxygens (including phenoxy) is 1. The van der Waals surface area contributed by atoms with E-state index in [0.717, 1.165) is 37.3 Å². The molecule has 0 fully saturated rings. The average Bonchev–Trinajstić information content (AvgIpc) is 2.87. The van der Waals surface area contributed by atoms with Gasteiger partial charge >= 0.3 is 0 Å². The van der Waals surface area contributed by atoms with E-state index >= 15 is 0 Å². The van der Waals surface area contributed by atoms with Gasteiger partial charge in [0.2, 0.25) is 0 Å². The Bertz CT molecular complexity index is 635. The minimum absolute atomic E-state index is 0.0480. The Morgan fingerprint density at radius 2 is 2.19 bits per heavy atom. The van der Waals surface area contributed by atoms with Crippen LogP contribution in [0.25, 0.3) is 0 Å². The van der Waals surface area contributed by atoms with Crippen LogP contribution in [-0.2, 0) is 25.3 Å². The van der Waals surface area contributed by atoms with Crippen molar-refractivity contribution in [1.82, 2.24) is 9.78 Å². The second-order valence-corrected chi connectivity index (χ2v) is 5.86. The van der Waals surface area contributed by atoms with Gasteiger partial charge in [0.1, 0.15) is 5.75 Å². The van der Waals surface area contributed by atoms with Gasteiger partial charge in [-0.15, -0.1) is 0 Å². The SMILES string of the molecule is CCc1cc(CC2(CN)CCOc3ccccc32)n(C)n1. The Morgan fingerprint density at radius 3 is 2.90 bits per heavy atom. The molecule has 1 aromatic carbocycles. The lowest BCUT2D eigenvalue weighted by Crippen LogP contribution is -2.42. The third-order valence-electron chi connectivity index (χ3n) is 4.60. The van der Waals surface area contributed by atoms with Crippen molar-refractivity contribution in [1.29, 1.82) is 0 Å². The predicted molar refractivity (Wildman–Crippen MR) is 83.6 cm³/mol. The van der Waals surface area contributed by atoms with Crippen LogP contribution in [0.1, 0.15) is 30.3 Å². The highest BCUT2D eigenvalue weighted by atomic mass is 16.5. The first-order valence-corrected chi connectivity index (χ1v) is 7.63. The van der Waals surface area contributed by atoms with Gasteiger partial charge in [0, 0.05) is 36.7 Å². The number of hydrogen-bond acceptors (Lipinski definition) is 3. The van der Waals surface area contributed by atoms with Crippen LogP contribution in [-0.4, -0.2) is 22.9 Å². The molecule has 1 atom stereocenters. The number of fused-ring (bicyclic) bond motifs is 1. The summed E-state index contributed by atoms with van der Waals surface area (Å²) >= 11 is 0. The molecule has 1 aromatic heterocycles. The van der Waals surface area contributed by atoms with E-state index in [4.69, 9.17) is 10.5 Å². The van der Waals surface area contributed by atoms with Crippen molar-refractivity contribution in [3.05, 3.63) is 47.3 Å². The van der Waals surface area contributed by atoms with E-state index in [1.807, 2.05) is 23.9 Å². The Kier molecular flexibility index (Phi) is 3.72. The van der Waals surface area contributed by atoms with Crippen molar-refractivity contribution in [2.45, 2.75) is 31.6 Å². The fourth-order valence-electron chi connectivity index (χ4n) is 3.25. The summed E-state index contributed by atoms with van der Waals surface area (Å²) in [6.45, 7) is 3.49. The maximum absolute atomic E-state index is 6.21. The monoisotopic (exact) mass is 285 g/mol. The fourth-order valence-corrected chi connectivity index (χ4v) is 3.25. The molecule has 2 N–H and O–H groups in total. The molecule has 1 aliphatic heterocycles. The minimum atomic E-state index is -0.0480. The summed E-state index contributed by atoms with van der Waals surface area (Å²) in [5.74, 6) is 0.979. The standard InChI is InChI=1S/C17H23N3O/c1-3-13-10-14(20(2)19-13)11-17(12-18)8-9-21-16-7-5-4-6-15(16)17/h4-7,10H,3,8-9,11-12,18H2,1-2H3. The van der Waals surface area contributed by atoms with Gasteiger partial charge in [-0.05, 0) is 25.0 Å². The van der Waals surface area contributed by atoms with Crippen LogP contribution in [0.2, 0.25) is 0 Å². The normalized spacial score (nSPS) is 20.9. The Labute approximate surface area is 125 Å². The maximum Gasteiger partial charge on any atom is 0.123 e. The van der Waals surface area contributed by atoms with Gasteiger partial charge in [0.25, 0.3) is 0 Å². The molecule has 0 amide bonds. The van der Waals surface area contributed by atoms with E-state index in [-0.39, 0.29) is 5.41 Å². The quantitative estimate of drug-likeness (QED) is 0.937. The first-order valence-electron chi connectivity index (χ1n) is 7.63. The molecule has 4 nitrogen and oxygen atoms in total. The van der Waals surface area contributed by atoms with E-state index in [2.05, 4.69) is 30.2 Å². The van der Waals surface area contributed by atoms with Crippen molar-refractivity contribution < 1.29 is 4.74 Å². The third kappa shape index (κ3) is 2.44. The highest BCUT2D eigenvalue weighted by Gasteiger charge is 2.37. The number of hydrogen-bond donors (Lipinski definition) is 1. The topological polar surface area (TPSA) is 53.1 Å². The van der Waals surface area contributed by atoms with Crippen LogP contribution in [0, 0.1) is 0 Å². The molecule has 1 aliphatic rings. The molecular formula is C17H23N3O. The molecule has 2 aromatic rings. The molecule has 0 aliphatic carbocycles. The molecule has 0 saturated heterocycles. The molecule has 0 radical (unpaired) electrons. The first kappa shape index (κ1) is 14.1. The zero-order valence-electron chi connectivity index (χ0n) is 12.8. The van der Waals surface area contributed by atoms with Crippen molar-refractivity contribution in [2.24, 2.45) is 12.8 Å². The molecule has 112 valence electrons. The third-order valence-corrected chi connectivity index (χ3v) is 4.60. The van der Waals surface area contributed by atoms with Crippen LogP contribution in [0.4, 0.5) is 0 Å². The second-order valence-electron chi connectivity index (χ2n) is 5.86. The van der Waals surface area contributed by atoms with Crippen molar-refractivity contribution in [3.63, 3.8) is 0 Å². The molecule has 0 bridgehead atoms. The van der Waals surface area contributed by atoms with E-state index in [1.54, 1.807) is 0 Å². The van der Waals surface area contributed by atoms with Crippen LogP contribution >= 0.6 is 0 Å². The summed E-state index contributed by atoms with van der Waals surface area (Å²) in [6.07, 6.45) is 2.82. The molecule has 21 heavy (non-hydrogen) atoms.